The Balaban J connectivity index is 1.93. The van der Waals surface area contributed by atoms with Crippen LogP contribution in [0.1, 0.15) is 36.1 Å². The molecule has 0 saturated heterocycles. The summed E-state index contributed by atoms with van der Waals surface area (Å²) in [6.07, 6.45) is 6.77. The summed E-state index contributed by atoms with van der Waals surface area (Å²) in [6, 6.07) is 0. The zero-order valence-corrected chi connectivity index (χ0v) is 7.59. The van der Waals surface area contributed by atoms with Crippen LogP contribution in [0.3, 0.4) is 0 Å². The van der Waals surface area contributed by atoms with Gasteiger partial charge in [-0.3, -0.25) is 4.63 Å². The van der Waals surface area contributed by atoms with Gasteiger partial charge in [0, 0.05) is 17.0 Å². The highest BCUT2D eigenvalue weighted by Crippen LogP contribution is 2.61. The van der Waals surface area contributed by atoms with Gasteiger partial charge in [-0.1, -0.05) is 12.2 Å². The average molecular weight is 190 g/mol. The molecule has 1 fully saturated rings. The lowest BCUT2D eigenvalue weighted by Crippen LogP contribution is -2.32. The molecule has 0 radical (unpaired) electrons. The van der Waals surface area contributed by atoms with Gasteiger partial charge >= 0.3 is 0 Å². The standard InChI is InChI=1S/C10H10N2O2/c13-12-10-8-4-7(9(10)11-14-12)5-2-1-3-6(5)8/h1,3,5-8H,2,4H2/t5?,6?,7-,8+/m1/s1. The molecule has 4 nitrogen and oxygen atoms in total. The van der Waals surface area contributed by atoms with Crippen LogP contribution in [0.5, 0.6) is 0 Å². The maximum Gasteiger partial charge on any atom is 0.224 e. The van der Waals surface area contributed by atoms with Crippen LogP contribution in [0.2, 0.25) is 0 Å². The van der Waals surface area contributed by atoms with Crippen molar-refractivity contribution in [2.75, 3.05) is 0 Å². The number of allylic oxidation sites excluding steroid dienone is 2. The number of nitrogens with zero attached hydrogens (tertiary/aromatic N) is 2. The minimum Gasteiger partial charge on any atom is -0.359 e. The smallest absolute Gasteiger partial charge is 0.224 e. The molecule has 3 aliphatic carbocycles. The molecule has 0 aromatic carbocycles. The number of fused-ring (bicyclic) bond motifs is 8. The van der Waals surface area contributed by atoms with Gasteiger partial charge in [-0.2, -0.15) is 0 Å². The van der Waals surface area contributed by atoms with Gasteiger partial charge in [-0.25, -0.2) is 0 Å². The first-order valence-electron chi connectivity index (χ1n) is 5.12. The molecule has 1 aromatic heterocycles. The van der Waals surface area contributed by atoms with Crippen LogP contribution in [0, 0.1) is 17.0 Å². The van der Waals surface area contributed by atoms with E-state index < -0.39 is 0 Å². The van der Waals surface area contributed by atoms with Gasteiger partial charge in [0.25, 0.3) is 0 Å². The fourth-order valence-electron chi connectivity index (χ4n) is 3.62. The minimum atomic E-state index is 0.377. The van der Waals surface area contributed by atoms with Gasteiger partial charge in [0.1, 0.15) is 0 Å². The number of rotatable bonds is 0. The Morgan fingerprint density at radius 3 is 3.36 bits per heavy atom. The van der Waals surface area contributed by atoms with Crippen molar-refractivity contribution in [3.8, 4) is 0 Å². The van der Waals surface area contributed by atoms with Crippen molar-refractivity contribution >= 4 is 0 Å². The van der Waals surface area contributed by atoms with Crippen molar-refractivity contribution in [1.29, 1.82) is 0 Å². The van der Waals surface area contributed by atoms with Gasteiger partial charge in [-0.15, -0.1) is 0 Å². The largest absolute Gasteiger partial charge is 0.359 e. The van der Waals surface area contributed by atoms with Gasteiger partial charge in [0.15, 0.2) is 0 Å². The van der Waals surface area contributed by atoms with E-state index in [9.17, 15) is 5.21 Å². The van der Waals surface area contributed by atoms with Crippen molar-refractivity contribution in [1.82, 2.24) is 5.16 Å². The van der Waals surface area contributed by atoms with Crippen LogP contribution in [-0.4, -0.2) is 5.16 Å². The lowest BCUT2D eigenvalue weighted by molar-refractivity contribution is -0.808. The SMILES string of the molecule is [O-][n+]1onc2c1[C@H]1C[C@@H]2C2CC=CC21. The van der Waals surface area contributed by atoms with Crippen LogP contribution in [0.25, 0.3) is 0 Å². The van der Waals surface area contributed by atoms with Gasteiger partial charge in [0.05, 0.1) is 0 Å². The lowest BCUT2D eigenvalue weighted by atomic mass is 9.82. The van der Waals surface area contributed by atoms with Crippen LogP contribution in [-0.2, 0) is 0 Å². The second kappa shape index (κ2) is 2.02. The molecule has 0 amide bonds. The molecule has 14 heavy (non-hydrogen) atoms. The van der Waals surface area contributed by atoms with Crippen LogP contribution < -0.4 is 4.90 Å². The summed E-state index contributed by atoms with van der Waals surface area (Å²) in [5.41, 5.74) is 1.75. The molecule has 1 aromatic rings. The summed E-state index contributed by atoms with van der Waals surface area (Å²) in [5, 5.41) is 15.2. The van der Waals surface area contributed by atoms with Gasteiger partial charge in [-0.05, 0) is 29.6 Å². The predicted molar refractivity (Wildman–Crippen MR) is 46.3 cm³/mol. The Hall–Kier alpha value is -1.32. The molecule has 0 spiro atoms. The molecule has 2 unspecified atom stereocenters. The van der Waals surface area contributed by atoms with Crippen LogP contribution >= 0.6 is 0 Å². The first-order chi connectivity index (χ1) is 6.86. The minimum absolute atomic E-state index is 0.377. The topological polar surface area (TPSA) is 53.0 Å². The molecule has 0 N–H and O–H groups in total. The molecule has 1 saturated carbocycles. The highest BCUT2D eigenvalue weighted by Gasteiger charge is 2.57. The van der Waals surface area contributed by atoms with E-state index in [4.69, 9.17) is 0 Å². The third kappa shape index (κ3) is 0.576. The quantitative estimate of drug-likeness (QED) is 0.454. The van der Waals surface area contributed by atoms with Gasteiger partial charge in [0.2, 0.25) is 11.4 Å². The number of hydrogen-bond acceptors (Lipinski definition) is 3. The molecular weight excluding hydrogens is 180 g/mol. The third-order valence-electron chi connectivity index (χ3n) is 4.13. The molecule has 4 atom stereocenters. The monoisotopic (exact) mass is 190 g/mol. The van der Waals surface area contributed by atoms with Crippen molar-refractivity contribution in [2.45, 2.75) is 24.7 Å². The Bertz CT molecular complexity index is 437. The van der Waals surface area contributed by atoms with E-state index in [0.29, 0.717) is 28.6 Å². The Kier molecular flexibility index (Phi) is 1.02. The first kappa shape index (κ1) is 7.04. The van der Waals surface area contributed by atoms with E-state index in [2.05, 4.69) is 21.9 Å². The molecule has 3 aliphatic rings. The van der Waals surface area contributed by atoms with Crippen molar-refractivity contribution < 1.29 is 9.53 Å². The summed E-state index contributed by atoms with van der Waals surface area (Å²) in [7, 11) is 0. The summed E-state index contributed by atoms with van der Waals surface area (Å²) >= 11 is 0. The van der Waals surface area contributed by atoms with E-state index in [1.807, 2.05) is 0 Å². The molecule has 2 bridgehead atoms. The summed E-state index contributed by atoms with van der Waals surface area (Å²) in [5.74, 6) is 2.13. The van der Waals surface area contributed by atoms with E-state index in [1.165, 1.54) is 0 Å². The van der Waals surface area contributed by atoms with Crippen molar-refractivity contribution in [3.05, 3.63) is 28.7 Å². The van der Waals surface area contributed by atoms with E-state index >= 15 is 0 Å². The number of aromatic nitrogens is 2. The summed E-state index contributed by atoms with van der Waals surface area (Å²) in [6.45, 7) is 0. The van der Waals surface area contributed by atoms with Crippen LogP contribution in [0.4, 0.5) is 0 Å². The Labute approximate surface area is 80.7 Å². The molecular formula is C10H10N2O2. The zero-order chi connectivity index (χ0) is 9.28. The fourth-order valence-corrected chi connectivity index (χ4v) is 3.62. The van der Waals surface area contributed by atoms with E-state index in [-0.39, 0.29) is 0 Å². The normalized spacial score (nSPS) is 41.7. The van der Waals surface area contributed by atoms with E-state index in [0.717, 1.165) is 24.2 Å². The Morgan fingerprint density at radius 1 is 1.50 bits per heavy atom. The molecule has 0 aliphatic heterocycles. The fraction of sp³-hybridized carbons (Fsp3) is 0.600. The summed E-state index contributed by atoms with van der Waals surface area (Å²) < 4.78 is 4.67. The predicted octanol–water partition coefficient (Wildman–Crippen LogP) is 1.08. The second-order valence-electron chi connectivity index (χ2n) is 4.55. The summed E-state index contributed by atoms with van der Waals surface area (Å²) in [4.78, 5) is 0.613. The first-order valence-corrected chi connectivity index (χ1v) is 5.12. The van der Waals surface area contributed by atoms with Crippen molar-refractivity contribution in [3.63, 3.8) is 0 Å². The molecule has 72 valence electrons. The molecule has 1 heterocycles. The molecule has 4 heteroatoms. The van der Waals surface area contributed by atoms with Crippen LogP contribution in [0.15, 0.2) is 16.8 Å². The maximum absolute atomic E-state index is 11.4. The Morgan fingerprint density at radius 2 is 2.43 bits per heavy atom. The van der Waals surface area contributed by atoms with Crippen molar-refractivity contribution in [2.24, 2.45) is 11.8 Å². The van der Waals surface area contributed by atoms with Gasteiger partial charge < -0.3 is 5.21 Å². The third-order valence-corrected chi connectivity index (χ3v) is 4.13. The zero-order valence-electron chi connectivity index (χ0n) is 7.59. The highest BCUT2D eigenvalue weighted by molar-refractivity contribution is 5.34. The van der Waals surface area contributed by atoms with E-state index in [1.54, 1.807) is 0 Å². The number of hydrogen-bond donors (Lipinski definition) is 0. The molecule has 4 rings (SSSR count). The average Bonchev–Trinajstić information content (AvgIpc) is 2.82. The maximum atomic E-state index is 11.4. The second-order valence-corrected chi connectivity index (χ2v) is 4.55. The lowest BCUT2D eigenvalue weighted by Gasteiger charge is -2.19. The highest BCUT2D eigenvalue weighted by atomic mass is 16.8.